The molecular formula is C16H16FNO4S. The molecule has 0 spiro atoms. The number of ether oxygens (including phenoxy) is 2. The number of halogens is 1. The Balaban J connectivity index is 1.70. The van der Waals surface area contributed by atoms with Gasteiger partial charge in [0.25, 0.3) is 0 Å². The highest BCUT2D eigenvalue weighted by Crippen LogP contribution is 2.34. The third-order valence-electron chi connectivity index (χ3n) is 3.52. The summed E-state index contributed by atoms with van der Waals surface area (Å²) < 4.78 is 50.5. The second kappa shape index (κ2) is 6.17. The monoisotopic (exact) mass is 337 g/mol. The molecule has 122 valence electrons. The predicted molar refractivity (Wildman–Crippen MR) is 83.1 cm³/mol. The first-order valence-electron chi connectivity index (χ1n) is 7.07. The van der Waals surface area contributed by atoms with Gasteiger partial charge < -0.3 is 9.47 Å². The molecule has 1 heterocycles. The molecule has 2 aromatic rings. The van der Waals surface area contributed by atoms with Crippen molar-refractivity contribution < 1.29 is 22.3 Å². The van der Waals surface area contributed by atoms with Crippen molar-refractivity contribution in [3.63, 3.8) is 0 Å². The molecule has 1 N–H and O–H groups in total. The molecule has 0 aliphatic carbocycles. The van der Waals surface area contributed by atoms with Gasteiger partial charge in [0.2, 0.25) is 16.8 Å². The maximum Gasteiger partial charge on any atom is 0.231 e. The first kappa shape index (κ1) is 15.8. The van der Waals surface area contributed by atoms with E-state index in [1.54, 1.807) is 25.1 Å². The summed E-state index contributed by atoms with van der Waals surface area (Å²) in [7, 11) is -3.55. The van der Waals surface area contributed by atoms with E-state index in [4.69, 9.17) is 9.47 Å². The summed E-state index contributed by atoms with van der Waals surface area (Å²) in [6.45, 7) is 1.92. The normalized spacial score (nSPS) is 14.7. The zero-order chi connectivity index (χ0) is 16.4. The standard InChI is InChI=1S/C16H16FNO4S/c1-11(13-4-7-15-16(8-13)22-10-21-15)18-23(19,20)9-12-2-5-14(17)6-3-12/h2-8,11,18H,9-10H2,1H3. The first-order valence-corrected chi connectivity index (χ1v) is 8.72. The Hall–Kier alpha value is -2.12. The van der Waals surface area contributed by atoms with Gasteiger partial charge in [-0.2, -0.15) is 0 Å². The molecule has 1 aliphatic rings. The lowest BCUT2D eigenvalue weighted by atomic mass is 10.1. The molecule has 0 amide bonds. The number of nitrogens with one attached hydrogen (secondary N) is 1. The van der Waals surface area contributed by atoms with E-state index in [0.717, 1.165) is 5.56 Å². The van der Waals surface area contributed by atoms with E-state index in [9.17, 15) is 12.8 Å². The van der Waals surface area contributed by atoms with Crippen molar-refractivity contribution in [3.8, 4) is 11.5 Å². The van der Waals surface area contributed by atoms with Crippen LogP contribution in [0.1, 0.15) is 24.1 Å². The van der Waals surface area contributed by atoms with Crippen LogP contribution in [0, 0.1) is 5.82 Å². The Labute approximate surface area is 134 Å². The fourth-order valence-corrected chi connectivity index (χ4v) is 3.75. The third-order valence-corrected chi connectivity index (χ3v) is 4.95. The SMILES string of the molecule is CC(NS(=O)(=O)Cc1ccc(F)cc1)c1ccc2c(c1)OCO2. The van der Waals surface area contributed by atoms with Gasteiger partial charge in [0.15, 0.2) is 11.5 Å². The molecular weight excluding hydrogens is 321 g/mol. The van der Waals surface area contributed by atoms with Crippen LogP contribution in [0.15, 0.2) is 42.5 Å². The lowest BCUT2D eigenvalue weighted by molar-refractivity contribution is 0.174. The van der Waals surface area contributed by atoms with Crippen molar-refractivity contribution in [1.29, 1.82) is 0 Å². The van der Waals surface area contributed by atoms with Gasteiger partial charge in [0, 0.05) is 6.04 Å². The van der Waals surface area contributed by atoms with Gasteiger partial charge in [0.1, 0.15) is 5.82 Å². The van der Waals surface area contributed by atoms with Crippen LogP contribution >= 0.6 is 0 Å². The number of fused-ring (bicyclic) bond motifs is 1. The second-order valence-corrected chi connectivity index (χ2v) is 7.09. The lowest BCUT2D eigenvalue weighted by Gasteiger charge is -2.15. The zero-order valence-electron chi connectivity index (χ0n) is 12.5. The van der Waals surface area contributed by atoms with E-state index in [1.165, 1.54) is 24.3 Å². The van der Waals surface area contributed by atoms with Gasteiger partial charge in [0.05, 0.1) is 5.75 Å². The molecule has 23 heavy (non-hydrogen) atoms. The van der Waals surface area contributed by atoms with Gasteiger partial charge in [-0.3, -0.25) is 0 Å². The molecule has 0 radical (unpaired) electrons. The average Bonchev–Trinajstić information content (AvgIpc) is 2.96. The maximum absolute atomic E-state index is 12.9. The number of rotatable bonds is 5. The van der Waals surface area contributed by atoms with E-state index in [2.05, 4.69) is 4.72 Å². The largest absolute Gasteiger partial charge is 0.454 e. The zero-order valence-corrected chi connectivity index (χ0v) is 13.3. The topological polar surface area (TPSA) is 64.6 Å². The molecule has 0 saturated carbocycles. The van der Waals surface area contributed by atoms with Crippen molar-refractivity contribution in [1.82, 2.24) is 4.72 Å². The van der Waals surface area contributed by atoms with Crippen LogP contribution < -0.4 is 14.2 Å². The van der Waals surface area contributed by atoms with Crippen LogP contribution in [0.5, 0.6) is 11.5 Å². The Morgan fingerprint density at radius 2 is 1.83 bits per heavy atom. The van der Waals surface area contributed by atoms with Crippen LogP contribution in [-0.4, -0.2) is 15.2 Å². The number of hydrogen-bond donors (Lipinski definition) is 1. The van der Waals surface area contributed by atoms with Crippen LogP contribution in [0.4, 0.5) is 4.39 Å². The van der Waals surface area contributed by atoms with Crippen LogP contribution in [-0.2, 0) is 15.8 Å². The van der Waals surface area contributed by atoms with Crippen LogP contribution in [0.25, 0.3) is 0 Å². The predicted octanol–water partition coefficient (Wildman–Crippen LogP) is 2.74. The molecule has 7 heteroatoms. The summed E-state index contributed by atoms with van der Waals surface area (Å²) in [6, 6.07) is 10.3. The van der Waals surface area contributed by atoms with E-state index in [1.807, 2.05) is 0 Å². The summed E-state index contributed by atoms with van der Waals surface area (Å²) in [5.74, 6) is 0.650. The Kier molecular flexibility index (Phi) is 4.23. The molecule has 3 rings (SSSR count). The average molecular weight is 337 g/mol. The van der Waals surface area contributed by atoms with Gasteiger partial charge in [-0.15, -0.1) is 0 Å². The van der Waals surface area contributed by atoms with E-state index in [0.29, 0.717) is 17.1 Å². The fraction of sp³-hybridized carbons (Fsp3) is 0.250. The third kappa shape index (κ3) is 3.80. The van der Waals surface area contributed by atoms with Crippen LogP contribution in [0.3, 0.4) is 0 Å². The molecule has 0 aromatic heterocycles. The van der Waals surface area contributed by atoms with E-state index >= 15 is 0 Å². The molecule has 1 atom stereocenters. The number of benzene rings is 2. The van der Waals surface area contributed by atoms with Gasteiger partial charge >= 0.3 is 0 Å². The van der Waals surface area contributed by atoms with Crippen molar-refractivity contribution in [3.05, 3.63) is 59.4 Å². The second-order valence-electron chi connectivity index (χ2n) is 5.34. The quantitative estimate of drug-likeness (QED) is 0.911. The first-order chi connectivity index (χ1) is 10.9. The summed E-state index contributed by atoms with van der Waals surface area (Å²) in [6.07, 6.45) is 0. The Bertz CT molecular complexity index is 805. The van der Waals surface area contributed by atoms with Gasteiger partial charge in [-0.05, 0) is 42.3 Å². The van der Waals surface area contributed by atoms with Crippen molar-refractivity contribution in [2.45, 2.75) is 18.7 Å². The molecule has 1 aliphatic heterocycles. The highest BCUT2D eigenvalue weighted by Gasteiger charge is 2.20. The molecule has 0 bridgehead atoms. The summed E-state index contributed by atoms with van der Waals surface area (Å²) >= 11 is 0. The van der Waals surface area contributed by atoms with Crippen molar-refractivity contribution in [2.24, 2.45) is 0 Å². The molecule has 2 aromatic carbocycles. The summed E-state index contributed by atoms with van der Waals surface area (Å²) in [4.78, 5) is 0. The van der Waals surface area contributed by atoms with Crippen molar-refractivity contribution in [2.75, 3.05) is 6.79 Å². The molecule has 0 fully saturated rings. The van der Waals surface area contributed by atoms with Gasteiger partial charge in [-0.25, -0.2) is 17.5 Å². The molecule has 0 saturated heterocycles. The number of hydrogen-bond acceptors (Lipinski definition) is 4. The smallest absolute Gasteiger partial charge is 0.231 e. The maximum atomic E-state index is 12.9. The lowest BCUT2D eigenvalue weighted by Crippen LogP contribution is -2.28. The Morgan fingerprint density at radius 3 is 2.57 bits per heavy atom. The molecule has 5 nitrogen and oxygen atoms in total. The minimum atomic E-state index is -3.55. The highest BCUT2D eigenvalue weighted by atomic mass is 32.2. The minimum Gasteiger partial charge on any atom is -0.454 e. The van der Waals surface area contributed by atoms with Gasteiger partial charge in [-0.1, -0.05) is 18.2 Å². The van der Waals surface area contributed by atoms with E-state index in [-0.39, 0.29) is 12.5 Å². The van der Waals surface area contributed by atoms with Crippen LogP contribution in [0.2, 0.25) is 0 Å². The fourth-order valence-electron chi connectivity index (χ4n) is 2.36. The minimum absolute atomic E-state index is 0.170. The summed E-state index contributed by atoms with van der Waals surface area (Å²) in [5.41, 5.74) is 1.30. The number of sulfonamides is 1. The molecule has 1 unspecified atom stereocenters. The van der Waals surface area contributed by atoms with E-state index < -0.39 is 21.9 Å². The Morgan fingerprint density at radius 1 is 1.13 bits per heavy atom. The highest BCUT2D eigenvalue weighted by molar-refractivity contribution is 7.88. The summed E-state index contributed by atoms with van der Waals surface area (Å²) in [5, 5.41) is 0. The van der Waals surface area contributed by atoms with Crippen molar-refractivity contribution >= 4 is 10.0 Å².